The number of carbonyl (C=O) groups is 2. The largest absolute Gasteiger partial charge is 0.466 e. The minimum atomic E-state index is -1.02. The third-order valence-electron chi connectivity index (χ3n) is 3.22. The second kappa shape index (κ2) is 5.40. The van der Waals surface area contributed by atoms with Crippen molar-refractivity contribution in [3.05, 3.63) is 46.7 Å². The van der Waals surface area contributed by atoms with Crippen LogP contribution in [0.1, 0.15) is 24.8 Å². The Morgan fingerprint density at radius 3 is 2.65 bits per heavy atom. The van der Waals surface area contributed by atoms with Crippen molar-refractivity contribution in [1.82, 2.24) is 5.32 Å². The molecule has 20 heavy (non-hydrogen) atoms. The van der Waals surface area contributed by atoms with Gasteiger partial charge in [-0.05, 0) is 24.6 Å². The lowest BCUT2D eigenvalue weighted by atomic mass is 9.84. The molecule has 0 saturated carbocycles. The number of rotatable bonds is 2. The number of esters is 1. The molecule has 0 aromatic heterocycles. The highest BCUT2D eigenvalue weighted by atomic mass is 19.2. The van der Waals surface area contributed by atoms with Crippen molar-refractivity contribution in [2.24, 2.45) is 0 Å². The maximum atomic E-state index is 13.3. The minimum absolute atomic E-state index is 0.0210. The highest BCUT2D eigenvalue weighted by Gasteiger charge is 2.32. The molecule has 0 aliphatic carbocycles. The number of hydrogen-bond acceptors (Lipinski definition) is 3. The molecule has 1 atom stereocenters. The molecule has 106 valence electrons. The molecule has 0 fully saturated rings. The van der Waals surface area contributed by atoms with E-state index in [0.717, 1.165) is 12.1 Å². The number of amides is 1. The predicted octanol–water partition coefficient (Wildman–Crippen LogP) is 2.02. The number of benzene rings is 1. The Balaban J connectivity index is 2.50. The van der Waals surface area contributed by atoms with Crippen LogP contribution in [-0.2, 0) is 14.3 Å². The molecule has 1 aromatic rings. The molecular formula is C14H13F2NO3. The molecule has 4 nitrogen and oxygen atoms in total. The van der Waals surface area contributed by atoms with Crippen LogP contribution in [0.3, 0.4) is 0 Å². The van der Waals surface area contributed by atoms with Crippen LogP contribution in [-0.4, -0.2) is 19.0 Å². The Kier molecular flexibility index (Phi) is 3.83. The molecule has 1 N–H and O–H groups in total. The van der Waals surface area contributed by atoms with Gasteiger partial charge >= 0.3 is 5.97 Å². The van der Waals surface area contributed by atoms with Crippen molar-refractivity contribution in [2.45, 2.75) is 19.3 Å². The monoisotopic (exact) mass is 281 g/mol. The summed E-state index contributed by atoms with van der Waals surface area (Å²) in [5.74, 6) is -3.53. The van der Waals surface area contributed by atoms with Crippen LogP contribution in [0.15, 0.2) is 29.5 Å². The van der Waals surface area contributed by atoms with Gasteiger partial charge in [-0.25, -0.2) is 13.6 Å². The zero-order valence-electron chi connectivity index (χ0n) is 11.0. The number of allylic oxidation sites excluding steroid dienone is 1. The summed E-state index contributed by atoms with van der Waals surface area (Å²) in [7, 11) is 1.22. The van der Waals surface area contributed by atoms with E-state index >= 15 is 0 Å². The SMILES string of the molecule is COC(=O)C1=C(C)NC(=O)C[C@@H]1c1ccc(F)c(F)c1. The van der Waals surface area contributed by atoms with E-state index < -0.39 is 23.5 Å². The molecule has 2 rings (SSSR count). The van der Waals surface area contributed by atoms with Crippen molar-refractivity contribution >= 4 is 11.9 Å². The van der Waals surface area contributed by atoms with Gasteiger partial charge in [-0.3, -0.25) is 4.79 Å². The van der Waals surface area contributed by atoms with Crippen LogP contribution < -0.4 is 5.32 Å². The molecular weight excluding hydrogens is 268 g/mol. The first kappa shape index (κ1) is 14.2. The molecule has 1 aliphatic rings. The van der Waals surface area contributed by atoms with Crippen molar-refractivity contribution in [1.29, 1.82) is 0 Å². The normalized spacial score (nSPS) is 18.8. The van der Waals surface area contributed by atoms with Crippen LogP contribution in [0.5, 0.6) is 0 Å². The average molecular weight is 281 g/mol. The van der Waals surface area contributed by atoms with Crippen molar-refractivity contribution < 1.29 is 23.1 Å². The van der Waals surface area contributed by atoms with Gasteiger partial charge in [0.25, 0.3) is 0 Å². The third kappa shape index (κ3) is 2.54. The number of carbonyl (C=O) groups excluding carboxylic acids is 2. The van der Waals surface area contributed by atoms with Crippen molar-refractivity contribution in [3.63, 3.8) is 0 Å². The Hall–Kier alpha value is -2.24. The number of methoxy groups -OCH3 is 1. The molecule has 0 spiro atoms. The van der Waals surface area contributed by atoms with E-state index in [4.69, 9.17) is 0 Å². The summed E-state index contributed by atoms with van der Waals surface area (Å²) >= 11 is 0. The van der Waals surface area contributed by atoms with Crippen LogP contribution in [0.4, 0.5) is 8.78 Å². The predicted molar refractivity (Wildman–Crippen MR) is 66.6 cm³/mol. The van der Waals surface area contributed by atoms with Gasteiger partial charge in [-0.15, -0.1) is 0 Å². The van der Waals surface area contributed by atoms with Crippen molar-refractivity contribution in [3.8, 4) is 0 Å². The van der Waals surface area contributed by atoms with Gasteiger partial charge in [0.1, 0.15) is 0 Å². The molecule has 0 unspecified atom stereocenters. The van der Waals surface area contributed by atoms with Crippen LogP contribution in [0, 0.1) is 11.6 Å². The minimum Gasteiger partial charge on any atom is -0.466 e. The molecule has 1 aliphatic heterocycles. The lowest BCUT2D eigenvalue weighted by molar-refractivity contribution is -0.136. The standard InChI is InChI=1S/C14H13F2NO3/c1-7-13(14(19)20-2)9(6-12(18)17-7)8-3-4-10(15)11(16)5-8/h3-5,9H,6H2,1-2H3,(H,17,18)/t9-/m1/s1. The molecule has 1 amide bonds. The zero-order chi connectivity index (χ0) is 14.9. The second-order valence-electron chi connectivity index (χ2n) is 4.51. The molecule has 0 radical (unpaired) electrons. The summed E-state index contributed by atoms with van der Waals surface area (Å²) < 4.78 is 31.0. The van der Waals surface area contributed by atoms with E-state index in [2.05, 4.69) is 10.1 Å². The van der Waals surface area contributed by atoms with E-state index in [1.807, 2.05) is 0 Å². The summed E-state index contributed by atoms with van der Waals surface area (Å²) in [4.78, 5) is 23.4. The highest BCUT2D eigenvalue weighted by molar-refractivity contribution is 5.95. The van der Waals surface area contributed by atoms with Crippen LogP contribution in [0.2, 0.25) is 0 Å². The third-order valence-corrected chi connectivity index (χ3v) is 3.22. The van der Waals surface area contributed by atoms with E-state index in [1.54, 1.807) is 6.92 Å². The topological polar surface area (TPSA) is 55.4 Å². The number of hydrogen-bond donors (Lipinski definition) is 1. The van der Waals surface area contributed by atoms with E-state index in [9.17, 15) is 18.4 Å². The van der Waals surface area contributed by atoms with Gasteiger partial charge in [0.2, 0.25) is 5.91 Å². The van der Waals surface area contributed by atoms with Crippen LogP contribution in [0.25, 0.3) is 0 Å². The van der Waals surface area contributed by atoms with Gasteiger partial charge in [0.15, 0.2) is 11.6 Å². The fourth-order valence-electron chi connectivity index (χ4n) is 2.30. The number of nitrogens with one attached hydrogen (secondary N) is 1. The fourth-order valence-corrected chi connectivity index (χ4v) is 2.30. The highest BCUT2D eigenvalue weighted by Crippen LogP contribution is 2.33. The second-order valence-corrected chi connectivity index (χ2v) is 4.51. The van der Waals surface area contributed by atoms with E-state index in [-0.39, 0.29) is 17.9 Å². The van der Waals surface area contributed by atoms with E-state index in [1.165, 1.54) is 13.2 Å². The van der Waals surface area contributed by atoms with Gasteiger partial charge in [0.05, 0.1) is 12.7 Å². The van der Waals surface area contributed by atoms with Crippen LogP contribution >= 0.6 is 0 Å². The summed E-state index contributed by atoms with van der Waals surface area (Å²) in [5, 5.41) is 2.54. The summed E-state index contributed by atoms with van der Waals surface area (Å²) in [5.41, 5.74) is 0.972. The Labute approximate surface area is 114 Å². The quantitative estimate of drug-likeness (QED) is 0.844. The number of halogens is 2. The molecule has 1 aromatic carbocycles. The van der Waals surface area contributed by atoms with Crippen molar-refractivity contribution in [2.75, 3.05) is 7.11 Å². The Morgan fingerprint density at radius 1 is 1.35 bits per heavy atom. The molecule has 6 heteroatoms. The van der Waals surface area contributed by atoms with E-state index in [0.29, 0.717) is 11.3 Å². The molecule has 0 bridgehead atoms. The Bertz CT molecular complexity index is 610. The molecule has 1 heterocycles. The summed E-state index contributed by atoms with van der Waals surface area (Å²) in [6, 6.07) is 3.33. The molecule has 0 saturated heterocycles. The smallest absolute Gasteiger partial charge is 0.336 e. The van der Waals surface area contributed by atoms with Gasteiger partial charge in [-0.2, -0.15) is 0 Å². The lowest BCUT2D eigenvalue weighted by Gasteiger charge is -2.26. The average Bonchev–Trinajstić information content (AvgIpc) is 2.40. The maximum Gasteiger partial charge on any atom is 0.336 e. The summed E-state index contributed by atoms with van der Waals surface area (Å²) in [6.07, 6.45) is -0.0210. The maximum absolute atomic E-state index is 13.3. The zero-order valence-corrected chi connectivity index (χ0v) is 11.0. The summed E-state index contributed by atoms with van der Waals surface area (Å²) in [6.45, 7) is 1.57. The lowest BCUT2D eigenvalue weighted by Crippen LogP contribution is -2.34. The Morgan fingerprint density at radius 2 is 2.05 bits per heavy atom. The first-order valence-corrected chi connectivity index (χ1v) is 5.98. The van der Waals surface area contributed by atoms with Gasteiger partial charge in [0, 0.05) is 18.0 Å². The number of ether oxygens (including phenoxy) is 1. The first-order valence-electron chi connectivity index (χ1n) is 5.98. The van der Waals surface area contributed by atoms with Gasteiger partial charge in [-0.1, -0.05) is 6.07 Å². The fraction of sp³-hybridized carbons (Fsp3) is 0.286. The first-order chi connectivity index (χ1) is 9.43. The van der Waals surface area contributed by atoms with Gasteiger partial charge < -0.3 is 10.1 Å².